The minimum Gasteiger partial charge on any atom is -0.392 e. The minimum atomic E-state index is 0.123. The molecule has 0 unspecified atom stereocenters. The lowest BCUT2D eigenvalue weighted by atomic mass is 9.91. The molecule has 0 saturated carbocycles. The van der Waals surface area contributed by atoms with Crippen molar-refractivity contribution in [2.45, 2.75) is 26.4 Å². The molecule has 0 aliphatic heterocycles. The summed E-state index contributed by atoms with van der Waals surface area (Å²) in [7, 11) is 0. The van der Waals surface area contributed by atoms with Crippen LogP contribution in [-0.4, -0.2) is 5.11 Å². The van der Waals surface area contributed by atoms with Crippen molar-refractivity contribution in [2.24, 2.45) is 0 Å². The number of aliphatic hydroxyl groups is 1. The summed E-state index contributed by atoms with van der Waals surface area (Å²) in [6, 6.07) is 12.4. The summed E-state index contributed by atoms with van der Waals surface area (Å²) in [4.78, 5) is 0. The summed E-state index contributed by atoms with van der Waals surface area (Å²) in [5.74, 6) is 0.443. The van der Waals surface area contributed by atoms with Crippen LogP contribution in [0.5, 0.6) is 0 Å². The van der Waals surface area contributed by atoms with E-state index in [9.17, 15) is 5.11 Å². The Labute approximate surface area is 90.4 Å². The lowest BCUT2D eigenvalue weighted by Crippen LogP contribution is -1.97. The molecule has 2 aromatic rings. The molecule has 0 spiro atoms. The van der Waals surface area contributed by atoms with Gasteiger partial charge in [0.1, 0.15) is 0 Å². The van der Waals surface area contributed by atoms with Gasteiger partial charge in [-0.1, -0.05) is 50.2 Å². The van der Waals surface area contributed by atoms with Crippen LogP contribution in [0.3, 0.4) is 0 Å². The van der Waals surface area contributed by atoms with Gasteiger partial charge in [-0.3, -0.25) is 0 Å². The van der Waals surface area contributed by atoms with E-state index in [-0.39, 0.29) is 6.61 Å². The summed E-state index contributed by atoms with van der Waals surface area (Å²) in [6.45, 7) is 4.46. The predicted octanol–water partition coefficient (Wildman–Crippen LogP) is 3.46. The summed E-state index contributed by atoms with van der Waals surface area (Å²) in [5, 5.41) is 11.8. The summed E-state index contributed by atoms with van der Waals surface area (Å²) >= 11 is 0. The first kappa shape index (κ1) is 10.2. The van der Waals surface area contributed by atoms with Crippen molar-refractivity contribution in [3.05, 3.63) is 47.5 Å². The van der Waals surface area contributed by atoms with Crippen LogP contribution in [0.15, 0.2) is 36.4 Å². The van der Waals surface area contributed by atoms with E-state index in [1.807, 2.05) is 12.1 Å². The number of aliphatic hydroxyl groups excluding tert-OH is 1. The van der Waals surface area contributed by atoms with Crippen LogP contribution >= 0.6 is 0 Å². The van der Waals surface area contributed by atoms with Crippen LogP contribution < -0.4 is 0 Å². The summed E-state index contributed by atoms with van der Waals surface area (Å²) in [6.07, 6.45) is 0. The Balaban J connectivity index is 2.79. The van der Waals surface area contributed by atoms with E-state index in [0.717, 1.165) is 5.56 Å². The molecule has 0 fully saturated rings. The number of fused-ring (bicyclic) bond motifs is 1. The van der Waals surface area contributed by atoms with E-state index in [1.54, 1.807) is 0 Å². The molecule has 1 heteroatoms. The fraction of sp³-hybridized carbons (Fsp3) is 0.286. The molecule has 0 bridgehead atoms. The normalized spacial score (nSPS) is 11.2. The molecule has 2 rings (SSSR count). The van der Waals surface area contributed by atoms with Gasteiger partial charge in [-0.2, -0.15) is 0 Å². The molecule has 0 aliphatic rings. The smallest absolute Gasteiger partial charge is 0.0684 e. The van der Waals surface area contributed by atoms with E-state index in [2.05, 4.69) is 38.1 Å². The van der Waals surface area contributed by atoms with Gasteiger partial charge in [0, 0.05) is 0 Å². The predicted molar refractivity (Wildman–Crippen MR) is 64.0 cm³/mol. The fourth-order valence-electron chi connectivity index (χ4n) is 2.16. The second-order valence-corrected chi connectivity index (χ2v) is 4.17. The van der Waals surface area contributed by atoms with Gasteiger partial charge >= 0.3 is 0 Å². The third-order valence-electron chi connectivity index (χ3n) is 2.81. The third kappa shape index (κ3) is 1.75. The zero-order valence-corrected chi connectivity index (χ0v) is 9.20. The van der Waals surface area contributed by atoms with E-state index in [4.69, 9.17) is 0 Å². The molecule has 1 nitrogen and oxygen atoms in total. The fourth-order valence-corrected chi connectivity index (χ4v) is 2.16. The Hall–Kier alpha value is -1.34. The quantitative estimate of drug-likeness (QED) is 0.787. The maximum Gasteiger partial charge on any atom is 0.0684 e. The van der Waals surface area contributed by atoms with Crippen LogP contribution in [0.2, 0.25) is 0 Å². The number of hydrogen-bond donors (Lipinski definition) is 1. The Morgan fingerprint density at radius 3 is 2.47 bits per heavy atom. The Morgan fingerprint density at radius 1 is 1.07 bits per heavy atom. The first-order chi connectivity index (χ1) is 7.24. The van der Waals surface area contributed by atoms with Gasteiger partial charge in [-0.05, 0) is 27.8 Å². The van der Waals surface area contributed by atoms with Crippen LogP contribution in [0.1, 0.15) is 30.9 Å². The third-order valence-corrected chi connectivity index (χ3v) is 2.81. The number of hydrogen-bond acceptors (Lipinski definition) is 1. The average molecular weight is 200 g/mol. The van der Waals surface area contributed by atoms with E-state index in [1.165, 1.54) is 16.3 Å². The average Bonchev–Trinajstić information content (AvgIpc) is 2.27. The molecule has 2 aromatic carbocycles. The molecule has 0 atom stereocenters. The van der Waals surface area contributed by atoms with E-state index < -0.39 is 0 Å². The highest BCUT2D eigenvalue weighted by atomic mass is 16.3. The molecule has 0 saturated heterocycles. The van der Waals surface area contributed by atoms with Crippen LogP contribution in [0.4, 0.5) is 0 Å². The standard InChI is InChI=1S/C14H16O/c1-10(2)14-12(9-15)8-7-11-5-3-4-6-13(11)14/h3-8,10,15H,9H2,1-2H3. The lowest BCUT2D eigenvalue weighted by molar-refractivity contribution is 0.280. The molecule has 15 heavy (non-hydrogen) atoms. The molecule has 0 amide bonds. The Morgan fingerprint density at radius 2 is 1.80 bits per heavy atom. The minimum absolute atomic E-state index is 0.123. The van der Waals surface area contributed by atoms with Gasteiger partial charge in [0.25, 0.3) is 0 Å². The van der Waals surface area contributed by atoms with Crippen LogP contribution in [0, 0.1) is 0 Å². The second kappa shape index (κ2) is 4.03. The van der Waals surface area contributed by atoms with Gasteiger partial charge in [-0.25, -0.2) is 0 Å². The van der Waals surface area contributed by atoms with Crippen molar-refractivity contribution in [1.29, 1.82) is 0 Å². The summed E-state index contributed by atoms with van der Waals surface area (Å²) < 4.78 is 0. The maximum atomic E-state index is 9.33. The van der Waals surface area contributed by atoms with Crippen LogP contribution in [-0.2, 0) is 6.61 Å². The highest BCUT2D eigenvalue weighted by Gasteiger charge is 2.09. The lowest BCUT2D eigenvalue weighted by Gasteiger charge is -2.14. The topological polar surface area (TPSA) is 20.2 Å². The first-order valence-electron chi connectivity index (χ1n) is 5.35. The largest absolute Gasteiger partial charge is 0.392 e. The summed E-state index contributed by atoms with van der Waals surface area (Å²) in [5.41, 5.74) is 2.32. The first-order valence-corrected chi connectivity index (χ1v) is 5.35. The Bertz CT molecular complexity index is 472. The van der Waals surface area contributed by atoms with Gasteiger partial charge in [0.2, 0.25) is 0 Å². The van der Waals surface area contributed by atoms with E-state index >= 15 is 0 Å². The van der Waals surface area contributed by atoms with Crippen molar-refractivity contribution in [3.8, 4) is 0 Å². The van der Waals surface area contributed by atoms with Gasteiger partial charge in [0.05, 0.1) is 6.61 Å². The molecule has 1 N–H and O–H groups in total. The van der Waals surface area contributed by atoms with Gasteiger partial charge < -0.3 is 5.11 Å². The number of rotatable bonds is 2. The van der Waals surface area contributed by atoms with Gasteiger partial charge in [0.15, 0.2) is 0 Å². The van der Waals surface area contributed by atoms with Crippen molar-refractivity contribution in [2.75, 3.05) is 0 Å². The zero-order chi connectivity index (χ0) is 10.8. The molecule has 78 valence electrons. The van der Waals surface area contributed by atoms with Crippen molar-refractivity contribution in [1.82, 2.24) is 0 Å². The van der Waals surface area contributed by atoms with Crippen molar-refractivity contribution >= 4 is 10.8 Å². The number of benzene rings is 2. The molecule has 0 radical (unpaired) electrons. The highest BCUT2D eigenvalue weighted by molar-refractivity contribution is 5.87. The van der Waals surface area contributed by atoms with E-state index in [0.29, 0.717) is 5.92 Å². The SMILES string of the molecule is CC(C)c1c(CO)ccc2ccccc12. The van der Waals surface area contributed by atoms with Gasteiger partial charge in [-0.15, -0.1) is 0 Å². The zero-order valence-electron chi connectivity index (χ0n) is 9.20. The molecule has 0 aromatic heterocycles. The van der Waals surface area contributed by atoms with Crippen molar-refractivity contribution < 1.29 is 5.11 Å². The molecule has 0 heterocycles. The monoisotopic (exact) mass is 200 g/mol. The van der Waals surface area contributed by atoms with Crippen LogP contribution in [0.25, 0.3) is 10.8 Å². The highest BCUT2D eigenvalue weighted by Crippen LogP contribution is 2.28. The Kier molecular flexibility index (Phi) is 2.74. The maximum absolute atomic E-state index is 9.33. The molecular formula is C14H16O. The molecular weight excluding hydrogens is 184 g/mol. The molecule has 0 aliphatic carbocycles. The van der Waals surface area contributed by atoms with Crippen molar-refractivity contribution in [3.63, 3.8) is 0 Å². The second-order valence-electron chi connectivity index (χ2n) is 4.17.